The van der Waals surface area contributed by atoms with Gasteiger partial charge in [-0.3, -0.25) is 0 Å². The van der Waals surface area contributed by atoms with E-state index in [1.165, 1.54) is 44.5 Å². The summed E-state index contributed by atoms with van der Waals surface area (Å²) < 4.78 is 39.2. The fourth-order valence-corrected chi connectivity index (χ4v) is 9.69. The Morgan fingerprint density at radius 2 is 0.481 bits per heavy atom. The van der Waals surface area contributed by atoms with Crippen molar-refractivity contribution in [1.29, 1.82) is 0 Å². The molecule has 0 fully saturated rings. The quantitative estimate of drug-likeness (QED) is 0.152. The fourth-order valence-electron chi connectivity index (χ4n) is 7.12. The van der Waals surface area contributed by atoms with Crippen molar-refractivity contribution in [2.24, 2.45) is 0 Å². The third kappa shape index (κ3) is 11.3. The number of ether oxygens (including phenoxy) is 6. The topological polar surface area (TPSA) is 55.4 Å². The van der Waals surface area contributed by atoms with Gasteiger partial charge in [-0.1, -0.05) is 72.8 Å². The minimum absolute atomic E-state index is 0.632. The Morgan fingerprint density at radius 3 is 0.704 bits per heavy atom. The molecular weight excluding hydrogens is 753 g/mol. The van der Waals surface area contributed by atoms with E-state index in [2.05, 4.69) is 72.8 Å². The second-order valence-electron chi connectivity index (χ2n) is 13.4. The first-order chi connectivity index (χ1) is 26.8. The predicted molar refractivity (Wildman–Crippen MR) is 230 cm³/mol. The van der Waals surface area contributed by atoms with Gasteiger partial charge >= 0.3 is 0 Å². The lowest BCUT2D eigenvalue weighted by Crippen LogP contribution is -2.12. The van der Waals surface area contributed by atoms with Crippen LogP contribution >= 0.6 is 47.0 Å². The van der Waals surface area contributed by atoms with Crippen LogP contribution in [0.5, 0.6) is 23.0 Å². The van der Waals surface area contributed by atoms with Crippen LogP contribution in [0.1, 0.15) is 44.5 Å². The molecule has 0 saturated heterocycles. The van der Waals surface area contributed by atoms with Gasteiger partial charge in [-0.25, -0.2) is 0 Å². The highest BCUT2D eigenvalue weighted by Gasteiger charge is 2.22. The maximum Gasteiger partial charge on any atom is 0.126 e. The monoisotopic (exact) mass is 804 g/mol. The lowest BCUT2D eigenvalue weighted by atomic mass is 9.91. The highest BCUT2D eigenvalue weighted by Crippen LogP contribution is 2.39. The Kier molecular flexibility index (Phi) is 15.9. The molecular formula is C44H52O6S4. The van der Waals surface area contributed by atoms with Crippen LogP contribution in [-0.2, 0) is 35.2 Å². The van der Waals surface area contributed by atoms with Crippen molar-refractivity contribution in [3.05, 3.63) is 117 Å². The Labute approximate surface area is 338 Å². The van der Waals surface area contributed by atoms with E-state index in [1.54, 1.807) is 0 Å². The Hall–Kier alpha value is -2.60. The molecule has 3 aliphatic rings. The summed E-state index contributed by atoms with van der Waals surface area (Å²) in [5.74, 6) is 11.3. The predicted octanol–water partition coefficient (Wildman–Crippen LogP) is 8.87. The fraction of sp³-hybridized carbons (Fsp3) is 0.455. The number of rotatable bonds is 0. The molecule has 54 heavy (non-hydrogen) atoms. The summed E-state index contributed by atoms with van der Waals surface area (Å²) in [7, 11) is 0. The zero-order valence-corrected chi connectivity index (χ0v) is 34.4. The molecule has 7 rings (SSSR count). The highest BCUT2D eigenvalue weighted by atomic mass is 32.2. The van der Waals surface area contributed by atoms with E-state index < -0.39 is 0 Å². The summed E-state index contributed by atoms with van der Waals surface area (Å²) in [6, 6.07) is 26.6. The van der Waals surface area contributed by atoms with Gasteiger partial charge in [-0.15, -0.1) is 0 Å². The first-order valence-electron chi connectivity index (χ1n) is 19.2. The smallest absolute Gasteiger partial charge is 0.126 e. The molecule has 1 aliphatic carbocycles. The summed E-state index contributed by atoms with van der Waals surface area (Å²) in [4.78, 5) is 0. The van der Waals surface area contributed by atoms with Crippen LogP contribution in [0, 0.1) is 0 Å². The van der Waals surface area contributed by atoms with Crippen LogP contribution in [-0.4, -0.2) is 98.9 Å². The Morgan fingerprint density at radius 1 is 0.278 bits per heavy atom. The van der Waals surface area contributed by atoms with E-state index in [9.17, 15) is 0 Å². The number of thioether (sulfide) groups is 4. The summed E-state index contributed by atoms with van der Waals surface area (Å²) in [6.07, 6.45) is 2.82. The molecule has 10 heteroatoms. The van der Waals surface area contributed by atoms with Crippen molar-refractivity contribution in [2.75, 3.05) is 98.9 Å². The number of hydrogen-bond acceptors (Lipinski definition) is 10. The standard InChI is InChI=1S/C44H52O6S4/c1-5-33-29-35-7-2-9-37-31-39-11-4-12-40-32-38-10-3-8-36(43(38)49-19-27-53-23-15-46-14-22-52-26-18-48-42(35)37)30-34(6-1)41(33)47-17-25-51-21-13-45-16-24-54-28-20-50-44(39)40/h1-12H,13-32H2. The molecule has 0 aromatic heterocycles. The van der Waals surface area contributed by atoms with Crippen molar-refractivity contribution in [1.82, 2.24) is 0 Å². The van der Waals surface area contributed by atoms with Crippen molar-refractivity contribution in [3.8, 4) is 23.0 Å². The van der Waals surface area contributed by atoms with Gasteiger partial charge in [0.25, 0.3) is 0 Å². The van der Waals surface area contributed by atoms with E-state index in [0.717, 1.165) is 95.4 Å². The summed E-state index contributed by atoms with van der Waals surface area (Å²) >= 11 is 7.55. The van der Waals surface area contributed by atoms with Gasteiger partial charge in [0.05, 0.1) is 52.9 Å². The lowest BCUT2D eigenvalue weighted by molar-refractivity contribution is 0.167. The lowest BCUT2D eigenvalue weighted by Gasteiger charge is -2.23. The minimum Gasteiger partial charge on any atom is -0.492 e. The van der Waals surface area contributed by atoms with Gasteiger partial charge in [-0.2, -0.15) is 47.0 Å². The second kappa shape index (κ2) is 21.6. The molecule has 0 saturated carbocycles. The summed E-state index contributed by atoms with van der Waals surface area (Å²) in [5.41, 5.74) is 9.37. The zero-order chi connectivity index (χ0) is 36.6. The zero-order valence-electron chi connectivity index (χ0n) is 31.2. The highest BCUT2D eigenvalue weighted by molar-refractivity contribution is 7.99. The van der Waals surface area contributed by atoms with Crippen LogP contribution in [0.25, 0.3) is 0 Å². The first-order valence-corrected chi connectivity index (χ1v) is 23.9. The molecule has 12 bridgehead atoms. The van der Waals surface area contributed by atoms with Crippen molar-refractivity contribution in [2.45, 2.75) is 25.7 Å². The molecule has 4 aromatic carbocycles. The average molecular weight is 805 g/mol. The number of benzene rings is 4. The van der Waals surface area contributed by atoms with E-state index >= 15 is 0 Å². The summed E-state index contributed by atoms with van der Waals surface area (Å²) in [6.45, 7) is 5.54. The number of para-hydroxylation sites is 4. The van der Waals surface area contributed by atoms with Gasteiger partial charge in [0.1, 0.15) is 23.0 Å². The molecule has 0 amide bonds. The molecule has 288 valence electrons. The van der Waals surface area contributed by atoms with Gasteiger partial charge < -0.3 is 28.4 Å². The molecule has 0 spiro atoms. The second-order valence-corrected chi connectivity index (χ2v) is 18.3. The van der Waals surface area contributed by atoms with E-state index in [-0.39, 0.29) is 0 Å². The largest absolute Gasteiger partial charge is 0.492 e. The number of hydrogen-bond donors (Lipinski definition) is 0. The van der Waals surface area contributed by atoms with E-state index in [4.69, 9.17) is 28.4 Å². The molecule has 4 aromatic rings. The van der Waals surface area contributed by atoms with Gasteiger partial charge in [0.2, 0.25) is 0 Å². The van der Waals surface area contributed by atoms with E-state index in [1.807, 2.05) is 47.0 Å². The summed E-state index contributed by atoms with van der Waals surface area (Å²) in [5, 5.41) is 0. The van der Waals surface area contributed by atoms with Crippen molar-refractivity contribution in [3.63, 3.8) is 0 Å². The molecule has 0 radical (unpaired) electrons. The molecule has 6 nitrogen and oxygen atoms in total. The first kappa shape index (κ1) is 39.6. The third-order valence-corrected chi connectivity index (χ3v) is 13.3. The van der Waals surface area contributed by atoms with Crippen LogP contribution in [0.4, 0.5) is 0 Å². The van der Waals surface area contributed by atoms with Gasteiger partial charge in [0, 0.05) is 71.7 Å². The molecule has 2 aliphatic heterocycles. The van der Waals surface area contributed by atoms with Crippen LogP contribution in [0.3, 0.4) is 0 Å². The van der Waals surface area contributed by atoms with Crippen molar-refractivity contribution < 1.29 is 28.4 Å². The molecule has 0 unspecified atom stereocenters. The molecule has 0 N–H and O–H groups in total. The van der Waals surface area contributed by atoms with Crippen LogP contribution < -0.4 is 18.9 Å². The van der Waals surface area contributed by atoms with Gasteiger partial charge in [-0.05, 0) is 44.5 Å². The average Bonchev–Trinajstić information content (AvgIpc) is 3.17. The third-order valence-electron chi connectivity index (χ3n) is 9.62. The molecule has 2 heterocycles. The van der Waals surface area contributed by atoms with Crippen LogP contribution in [0.15, 0.2) is 72.8 Å². The minimum atomic E-state index is 0.632. The van der Waals surface area contributed by atoms with E-state index in [0.29, 0.717) is 52.1 Å². The maximum atomic E-state index is 6.82. The SMILES string of the molecule is c1cc2c3c(c1)Cc1cccc4c1OCCSCCOCCSCCOc1c(cccc1Cc1cccc(c1OCCSCCOCCSCCO3)C4)C2. The maximum absolute atomic E-state index is 6.82. The van der Waals surface area contributed by atoms with Crippen LogP contribution in [0.2, 0.25) is 0 Å². The Balaban J connectivity index is 1.38. The normalized spacial score (nSPS) is 18.5. The molecule has 0 atom stereocenters. The van der Waals surface area contributed by atoms with Crippen molar-refractivity contribution >= 4 is 47.0 Å². The Bertz CT molecular complexity index is 1450. The van der Waals surface area contributed by atoms with Gasteiger partial charge in [0.15, 0.2) is 0 Å².